The van der Waals surface area contributed by atoms with Gasteiger partial charge in [-0.15, -0.1) is 0 Å². The molecular weight excluding hydrogens is 438 g/mol. The van der Waals surface area contributed by atoms with Crippen LogP contribution in [0.15, 0.2) is 83.7 Å². The third-order valence-electron chi connectivity index (χ3n) is 6.57. The van der Waals surface area contributed by atoms with Crippen LogP contribution in [0.1, 0.15) is 23.0 Å². The molecule has 0 aliphatic carbocycles. The quantitative estimate of drug-likeness (QED) is 0.467. The lowest BCUT2D eigenvalue weighted by Gasteiger charge is -2.35. The van der Waals surface area contributed by atoms with Crippen molar-refractivity contribution in [1.82, 2.24) is 14.7 Å². The van der Waals surface area contributed by atoms with Crippen molar-refractivity contribution in [3.8, 4) is 0 Å². The highest BCUT2D eigenvalue weighted by Crippen LogP contribution is 2.21. The minimum Gasteiger partial charge on any atom is -0.369 e. The number of aromatic nitrogens is 2. The Morgan fingerprint density at radius 3 is 2.20 bits per heavy atom. The topological polar surface area (TPSA) is 70.5 Å². The first-order valence-corrected chi connectivity index (χ1v) is 12.0. The first kappa shape index (κ1) is 22.8. The number of benzene rings is 3. The summed E-state index contributed by atoms with van der Waals surface area (Å²) in [7, 11) is 0. The van der Waals surface area contributed by atoms with Gasteiger partial charge in [-0.2, -0.15) is 5.10 Å². The van der Waals surface area contributed by atoms with E-state index in [0.717, 1.165) is 44.0 Å². The van der Waals surface area contributed by atoms with E-state index in [1.54, 1.807) is 18.2 Å². The first-order valence-electron chi connectivity index (χ1n) is 12.0. The number of anilines is 2. The van der Waals surface area contributed by atoms with Gasteiger partial charge in [0.1, 0.15) is 0 Å². The summed E-state index contributed by atoms with van der Waals surface area (Å²) in [5.74, 6) is -0.340. The Morgan fingerprint density at radius 2 is 1.51 bits per heavy atom. The zero-order valence-corrected chi connectivity index (χ0v) is 19.9. The van der Waals surface area contributed by atoms with Gasteiger partial charge in [0.05, 0.1) is 11.9 Å². The third-order valence-corrected chi connectivity index (χ3v) is 6.57. The van der Waals surface area contributed by atoms with E-state index in [2.05, 4.69) is 27.1 Å². The molecule has 0 bridgehead atoms. The largest absolute Gasteiger partial charge is 0.369 e. The fourth-order valence-electron chi connectivity index (χ4n) is 4.53. The van der Waals surface area contributed by atoms with E-state index >= 15 is 0 Å². The van der Waals surface area contributed by atoms with Gasteiger partial charge in [-0.3, -0.25) is 9.59 Å². The molecule has 1 aliphatic heterocycles. The van der Waals surface area contributed by atoms with Crippen LogP contribution in [0, 0.1) is 0 Å². The summed E-state index contributed by atoms with van der Waals surface area (Å²) in [5.41, 5.74) is 2.81. The summed E-state index contributed by atoms with van der Waals surface area (Å²) >= 11 is 0. The molecule has 3 aromatic carbocycles. The number of likely N-dealkylation sites (N-methyl/N-ethyl adjacent to an activating group) is 1. The number of hydrogen-bond acceptors (Lipinski definition) is 5. The van der Waals surface area contributed by atoms with Crippen LogP contribution in [0.4, 0.5) is 11.4 Å². The number of nitrogens with one attached hydrogen (secondary N) is 1. The van der Waals surface area contributed by atoms with Crippen molar-refractivity contribution in [1.29, 1.82) is 0 Å². The highest BCUT2D eigenvalue weighted by Gasteiger charge is 2.18. The standard InChI is InChI=1S/C28H29N5O2/c1-2-31-16-18-32(19-17-31)23-14-12-22(13-15-23)29-27(34)26-24-10-6-7-11-25(24)28(35)33(30-26)20-21-8-4-3-5-9-21/h3-15H,2,16-20H2,1H3,(H,29,34). The number of amides is 1. The van der Waals surface area contributed by atoms with Crippen molar-refractivity contribution in [2.75, 3.05) is 42.9 Å². The maximum atomic E-state index is 13.3. The van der Waals surface area contributed by atoms with E-state index in [1.165, 1.54) is 4.68 Å². The molecule has 1 N–H and O–H groups in total. The minimum atomic E-state index is -0.340. The maximum Gasteiger partial charge on any atom is 0.276 e. The molecule has 0 atom stereocenters. The highest BCUT2D eigenvalue weighted by molar-refractivity contribution is 6.11. The van der Waals surface area contributed by atoms with Gasteiger partial charge in [-0.1, -0.05) is 55.5 Å². The Morgan fingerprint density at radius 1 is 0.857 bits per heavy atom. The van der Waals surface area contributed by atoms with Gasteiger partial charge in [0.25, 0.3) is 11.5 Å². The predicted octanol–water partition coefficient (Wildman–Crippen LogP) is 3.84. The third kappa shape index (κ3) is 4.95. The molecule has 1 fully saturated rings. The van der Waals surface area contributed by atoms with E-state index in [0.29, 0.717) is 23.0 Å². The molecule has 1 aliphatic rings. The number of carbonyl (C=O) groups is 1. The maximum absolute atomic E-state index is 13.3. The number of nitrogens with zero attached hydrogens (tertiary/aromatic N) is 4. The van der Waals surface area contributed by atoms with Gasteiger partial charge in [0.15, 0.2) is 5.69 Å². The van der Waals surface area contributed by atoms with Crippen molar-refractivity contribution in [3.05, 3.63) is 100 Å². The van der Waals surface area contributed by atoms with Crippen LogP contribution in [0.25, 0.3) is 10.8 Å². The number of fused-ring (bicyclic) bond motifs is 1. The van der Waals surface area contributed by atoms with Crippen molar-refractivity contribution in [2.24, 2.45) is 0 Å². The molecule has 0 saturated carbocycles. The average Bonchev–Trinajstić information content (AvgIpc) is 2.91. The fourth-order valence-corrected chi connectivity index (χ4v) is 4.53. The Labute approximate surface area is 204 Å². The lowest BCUT2D eigenvalue weighted by Crippen LogP contribution is -2.46. The molecule has 4 aromatic rings. The molecule has 1 aromatic heterocycles. The smallest absolute Gasteiger partial charge is 0.276 e. The van der Waals surface area contributed by atoms with Crippen LogP contribution in [0.2, 0.25) is 0 Å². The Hall–Kier alpha value is -3.97. The van der Waals surface area contributed by atoms with Gasteiger partial charge in [-0.25, -0.2) is 4.68 Å². The Kier molecular flexibility index (Phi) is 6.59. The molecule has 7 heteroatoms. The molecule has 2 heterocycles. The molecule has 178 valence electrons. The van der Waals surface area contributed by atoms with E-state index < -0.39 is 0 Å². The number of carbonyl (C=O) groups excluding carboxylic acids is 1. The monoisotopic (exact) mass is 467 g/mol. The summed E-state index contributed by atoms with van der Waals surface area (Å²) in [4.78, 5) is 31.2. The summed E-state index contributed by atoms with van der Waals surface area (Å²) < 4.78 is 1.37. The van der Waals surface area contributed by atoms with Crippen LogP contribution < -0.4 is 15.8 Å². The lowest BCUT2D eigenvalue weighted by atomic mass is 10.1. The van der Waals surface area contributed by atoms with Gasteiger partial charge in [0.2, 0.25) is 0 Å². The summed E-state index contributed by atoms with van der Waals surface area (Å²) in [6.07, 6.45) is 0. The Bertz CT molecular complexity index is 1370. The van der Waals surface area contributed by atoms with Gasteiger partial charge in [0, 0.05) is 42.9 Å². The molecule has 5 rings (SSSR count). The fraction of sp³-hybridized carbons (Fsp3) is 0.250. The predicted molar refractivity (Wildman–Crippen MR) is 140 cm³/mol. The molecule has 1 amide bonds. The first-order chi connectivity index (χ1) is 17.1. The highest BCUT2D eigenvalue weighted by atomic mass is 16.2. The van der Waals surface area contributed by atoms with Crippen LogP contribution in [-0.4, -0.2) is 53.3 Å². The van der Waals surface area contributed by atoms with Crippen molar-refractivity contribution < 1.29 is 4.79 Å². The van der Waals surface area contributed by atoms with E-state index in [1.807, 2.05) is 60.7 Å². The average molecular weight is 468 g/mol. The molecule has 35 heavy (non-hydrogen) atoms. The summed E-state index contributed by atoms with van der Waals surface area (Å²) in [6.45, 7) is 7.69. The van der Waals surface area contributed by atoms with Crippen molar-refractivity contribution >= 4 is 28.1 Å². The molecule has 0 spiro atoms. The molecular formula is C28H29N5O2. The normalized spacial score (nSPS) is 14.3. The van der Waals surface area contributed by atoms with Gasteiger partial charge in [-0.05, 0) is 42.4 Å². The number of piperazine rings is 1. The van der Waals surface area contributed by atoms with Crippen LogP contribution in [0.5, 0.6) is 0 Å². The molecule has 1 saturated heterocycles. The lowest BCUT2D eigenvalue weighted by molar-refractivity contribution is 0.102. The van der Waals surface area contributed by atoms with E-state index in [4.69, 9.17) is 0 Å². The van der Waals surface area contributed by atoms with Crippen molar-refractivity contribution in [2.45, 2.75) is 13.5 Å². The number of hydrogen-bond donors (Lipinski definition) is 1. The second-order valence-electron chi connectivity index (χ2n) is 8.76. The Balaban J connectivity index is 1.38. The van der Waals surface area contributed by atoms with Crippen molar-refractivity contribution in [3.63, 3.8) is 0 Å². The van der Waals surface area contributed by atoms with Gasteiger partial charge >= 0.3 is 0 Å². The summed E-state index contributed by atoms with van der Waals surface area (Å²) in [5, 5.41) is 8.46. The van der Waals surface area contributed by atoms with Crippen LogP contribution >= 0.6 is 0 Å². The molecule has 7 nitrogen and oxygen atoms in total. The van der Waals surface area contributed by atoms with E-state index in [-0.39, 0.29) is 17.2 Å². The zero-order valence-electron chi connectivity index (χ0n) is 19.9. The summed E-state index contributed by atoms with van der Waals surface area (Å²) in [6, 6.07) is 24.7. The van der Waals surface area contributed by atoms with E-state index in [9.17, 15) is 9.59 Å². The molecule has 0 unspecified atom stereocenters. The van der Waals surface area contributed by atoms with Crippen LogP contribution in [0.3, 0.4) is 0 Å². The second kappa shape index (κ2) is 10.1. The molecule has 0 radical (unpaired) electrons. The minimum absolute atomic E-state index is 0.214. The van der Waals surface area contributed by atoms with Crippen LogP contribution in [-0.2, 0) is 6.54 Å². The zero-order chi connectivity index (χ0) is 24.2. The SMILES string of the molecule is CCN1CCN(c2ccc(NC(=O)c3nn(Cc4ccccc4)c(=O)c4ccccc34)cc2)CC1. The number of rotatable bonds is 6. The van der Waals surface area contributed by atoms with Gasteiger partial charge < -0.3 is 15.1 Å². The second-order valence-corrected chi connectivity index (χ2v) is 8.76.